The summed E-state index contributed by atoms with van der Waals surface area (Å²) in [7, 11) is 0. The van der Waals surface area contributed by atoms with Crippen LogP contribution in [0.2, 0.25) is 0 Å². The van der Waals surface area contributed by atoms with E-state index in [0.29, 0.717) is 6.10 Å². The molecule has 1 saturated heterocycles. The lowest BCUT2D eigenvalue weighted by molar-refractivity contribution is -0.0853. The molecule has 1 aliphatic heterocycles. The van der Waals surface area contributed by atoms with Gasteiger partial charge in [-0.05, 0) is 46.5 Å². The third-order valence-corrected chi connectivity index (χ3v) is 3.73. The van der Waals surface area contributed by atoms with Crippen molar-refractivity contribution >= 4 is 0 Å². The minimum absolute atomic E-state index is 0.0104. The molecular formula is C14H27NO2. The first-order valence-corrected chi connectivity index (χ1v) is 7.04. The molecule has 0 atom stereocenters. The molecule has 0 radical (unpaired) electrons. The van der Waals surface area contributed by atoms with E-state index in [4.69, 9.17) is 9.47 Å². The maximum atomic E-state index is 6.07. The average Bonchev–Trinajstić information content (AvgIpc) is 2.29. The van der Waals surface area contributed by atoms with Gasteiger partial charge in [0, 0.05) is 19.1 Å². The Balaban J connectivity index is 1.73. The van der Waals surface area contributed by atoms with E-state index in [-0.39, 0.29) is 5.60 Å². The predicted molar refractivity (Wildman–Crippen MR) is 69.3 cm³/mol. The van der Waals surface area contributed by atoms with Gasteiger partial charge in [-0.25, -0.2) is 0 Å². The van der Waals surface area contributed by atoms with Gasteiger partial charge in [-0.3, -0.25) is 4.90 Å². The van der Waals surface area contributed by atoms with Gasteiger partial charge in [0.15, 0.2) is 0 Å². The summed E-state index contributed by atoms with van der Waals surface area (Å²) in [5, 5.41) is 0. The summed E-state index contributed by atoms with van der Waals surface area (Å²) in [4.78, 5) is 2.61. The molecule has 17 heavy (non-hydrogen) atoms. The van der Waals surface area contributed by atoms with Crippen LogP contribution in [0.3, 0.4) is 0 Å². The molecule has 1 heterocycles. The zero-order valence-electron chi connectivity index (χ0n) is 11.6. The third-order valence-electron chi connectivity index (χ3n) is 3.73. The second kappa shape index (κ2) is 5.68. The number of nitrogens with zero attached hydrogens (tertiary/aromatic N) is 1. The molecule has 0 aromatic carbocycles. The number of rotatable bonds is 2. The fraction of sp³-hybridized carbons (Fsp3) is 1.00. The van der Waals surface area contributed by atoms with E-state index < -0.39 is 0 Å². The Labute approximate surface area is 105 Å². The van der Waals surface area contributed by atoms with Crippen LogP contribution in [0.15, 0.2) is 0 Å². The van der Waals surface area contributed by atoms with Gasteiger partial charge in [0.25, 0.3) is 0 Å². The zero-order chi connectivity index (χ0) is 12.3. The van der Waals surface area contributed by atoms with Crippen molar-refractivity contribution in [2.45, 2.75) is 64.2 Å². The molecule has 3 heteroatoms. The highest BCUT2D eigenvalue weighted by atomic mass is 16.5. The standard InChI is InChI=1S/C14H27NO2/c1-14(2,3)17-13-6-4-12(5-7-13)15-8-10-16-11-9-15/h12-13H,4-11H2,1-3H3. The number of hydrogen-bond donors (Lipinski definition) is 0. The van der Waals surface area contributed by atoms with Crippen LogP contribution in [-0.2, 0) is 9.47 Å². The van der Waals surface area contributed by atoms with E-state index in [0.717, 1.165) is 32.3 Å². The van der Waals surface area contributed by atoms with Crippen LogP contribution >= 0.6 is 0 Å². The van der Waals surface area contributed by atoms with E-state index in [2.05, 4.69) is 25.7 Å². The molecule has 2 aliphatic rings. The molecule has 1 aliphatic carbocycles. The van der Waals surface area contributed by atoms with Gasteiger partial charge >= 0.3 is 0 Å². The Bertz CT molecular complexity index is 223. The van der Waals surface area contributed by atoms with Gasteiger partial charge in [-0.1, -0.05) is 0 Å². The van der Waals surface area contributed by atoms with E-state index in [1.54, 1.807) is 0 Å². The van der Waals surface area contributed by atoms with Crippen LogP contribution in [0.25, 0.3) is 0 Å². The smallest absolute Gasteiger partial charge is 0.0602 e. The van der Waals surface area contributed by atoms with Crippen molar-refractivity contribution in [3.05, 3.63) is 0 Å². The molecule has 0 N–H and O–H groups in total. The van der Waals surface area contributed by atoms with E-state index >= 15 is 0 Å². The van der Waals surface area contributed by atoms with E-state index in [1.165, 1.54) is 25.7 Å². The van der Waals surface area contributed by atoms with Gasteiger partial charge in [0.05, 0.1) is 24.9 Å². The predicted octanol–water partition coefficient (Wildman–Crippen LogP) is 2.44. The van der Waals surface area contributed by atoms with Crippen LogP contribution in [-0.4, -0.2) is 49.0 Å². The van der Waals surface area contributed by atoms with Crippen molar-refractivity contribution in [3.63, 3.8) is 0 Å². The van der Waals surface area contributed by atoms with Gasteiger partial charge in [0.1, 0.15) is 0 Å². The topological polar surface area (TPSA) is 21.7 Å². The summed E-state index contributed by atoms with van der Waals surface area (Å²) in [6.07, 6.45) is 5.51. The lowest BCUT2D eigenvalue weighted by atomic mass is 9.91. The Hall–Kier alpha value is -0.120. The Kier molecular flexibility index (Phi) is 4.45. The van der Waals surface area contributed by atoms with Crippen LogP contribution in [0.4, 0.5) is 0 Å². The monoisotopic (exact) mass is 241 g/mol. The second-order valence-corrected chi connectivity index (χ2v) is 6.31. The fourth-order valence-electron chi connectivity index (χ4n) is 2.97. The summed E-state index contributed by atoms with van der Waals surface area (Å²) < 4.78 is 11.5. The largest absolute Gasteiger partial charge is 0.379 e. The molecule has 0 unspecified atom stereocenters. The Morgan fingerprint density at radius 2 is 1.59 bits per heavy atom. The summed E-state index contributed by atoms with van der Waals surface area (Å²) in [5.41, 5.74) is 0.0104. The van der Waals surface area contributed by atoms with Crippen molar-refractivity contribution in [2.24, 2.45) is 0 Å². The van der Waals surface area contributed by atoms with Crippen molar-refractivity contribution in [1.29, 1.82) is 0 Å². The van der Waals surface area contributed by atoms with Gasteiger partial charge in [-0.15, -0.1) is 0 Å². The first kappa shape index (κ1) is 13.3. The first-order chi connectivity index (χ1) is 8.04. The van der Waals surface area contributed by atoms with Gasteiger partial charge < -0.3 is 9.47 Å². The molecule has 0 amide bonds. The quantitative estimate of drug-likeness (QED) is 0.741. The zero-order valence-corrected chi connectivity index (χ0v) is 11.6. The molecule has 3 nitrogen and oxygen atoms in total. The number of hydrogen-bond acceptors (Lipinski definition) is 3. The third kappa shape index (κ3) is 4.23. The second-order valence-electron chi connectivity index (χ2n) is 6.31. The number of ether oxygens (including phenoxy) is 2. The van der Waals surface area contributed by atoms with Crippen LogP contribution in [0.1, 0.15) is 46.5 Å². The lowest BCUT2D eigenvalue weighted by Gasteiger charge is -2.40. The molecule has 100 valence electrons. The minimum atomic E-state index is 0.0104. The fourth-order valence-corrected chi connectivity index (χ4v) is 2.97. The molecule has 2 fully saturated rings. The number of morpholine rings is 1. The summed E-state index contributed by atoms with van der Waals surface area (Å²) >= 11 is 0. The lowest BCUT2D eigenvalue weighted by Crippen LogP contribution is -2.46. The normalized spacial score (nSPS) is 32.6. The first-order valence-electron chi connectivity index (χ1n) is 7.04. The van der Waals surface area contributed by atoms with E-state index in [9.17, 15) is 0 Å². The van der Waals surface area contributed by atoms with Crippen LogP contribution < -0.4 is 0 Å². The summed E-state index contributed by atoms with van der Waals surface area (Å²) in [6.45, 7) is 10.5. The van der Waals surface area contributed by atoms with Crippen molar-refractivity contribution in [2.75, 3.05) is 26.3 Å². The maximum absolute atomic E-state index is 6.07. The van der Waals surface area contributed by atoms with Crippen molar-refractivity contribution in [3.8, 4) is 0 Å². The SMILES string of the molecule is CC(C)(C)OC1CCC(N2CCOCC2)CC1. The van der Waals surface area contributed by atoms with Gasteiger partial charge in [0.2, 0.25) is 0 Å². The van der Waals surface area contributed by atoms with Gasteiger partial charge in [-0.2, -0.15) is 0 Å². The van der Waals surface area contributed by atoms with Crippen LogP contribution in [0.5, 0.6) is 0 Å². The van der Waals surface area contributed by atoms with Crippen molar-refractivity contribution < 1.29 is 9.47 Å². The molecule has 1 saturated carbocycles. The molecule has 0 aromatic heterocycles. The Morgan fingerprint density at radius 1 is 1.00 bits per heavy atom. The average molecular weight is 241 g/mol. The molecular weight excluding hydrogens is 214 g/mol. The highest BCUT2D eigenvalue weighted by molar-refractivity contribution is 4.82. The molecule has 0 aromatic rings. The molecule has 0 spiro atoms. The highest BCUT2D eigenvalue weighted by Gasteiger charge is 2.29. The highest BCUT2D eigenvalue weighted by Crippen LogP contribution is 2.28. The molecule has 2 rings (SSSR count). The maximum Gasteiger partial charge on any atom is 0.0602 e. The van der Waals surface area contributed by atoms with Crippen LogP contribution in [0, 0.1) is 0 Å². The minimum Gasteiger partial charge on any atom is -0.379 e. The van der Waals surface area contributed by atoms with Crippen molar-refractivity contribution in [1.82, 2.24) is 4.90 Å². The summed E-state index contributed by atoms with van der Waals surface area (Å²) in [6, 6.07) is 0.777. The summed E-state index contributed by atoms with van der Waals surface area (Å²) in [5.74, 6) is 0. The van der Waals surface area contributed by atoms with E-state index in [1.807, 2.05) is 0 Å². The Morgan fingerprint density at radius 3 is 2.12 bits per heavy atom. The molecule has 0 bridgehead atoms.